The fraction of sp³-hybridized carbons (Fsp3) is 0.333. The number of sulfonamides is 1. The first kappa shape index (κ1) is 14.4. The molecule has 3 N–H and O–H groups in total. The number of hydrogen-bond donors (Lipinski definition) is 2. The van der Waals surface area contributed by atoms with Gasteiger partial charge < -0.3 is 10.8 Å². The van der Waals surface area contributed by atoms with E-state index in [0.29, 0.717) is 0 Å². The number of anilines is 1. The van der Waals surface area contributed by atoms with E-state index in [1.165, 1.54) is 7.05 Å². The van der Waals surface area contributed by atoms with Gasteiger partial charge in [0.25, 0.3) is 5.69 Å². The number of nitrogens with zero attached hydrogens (tertiary/aromatic N) is 2. The van der Waals surface area contributed by atoms with Crippen LogP contribution in [0.5, 0.6) is 0 Å². The van der Waals surface area contributed by atoms with Crippen molar-refractivity contribution < 1.29 is 18.4 Å². The summed E-state index contributed by atoms with van der Waals surface area (Å²) in [4.78, 5) is 9.71. The Kier molecular flexibility index (Phi) is 4.22. The van der Waals surface area contributed by atoms with Crippen molar-refractivity contribution in [2.45, 2.75) is 4.90 Å². The van der Waals surface area contributed by atoms with Crippen LogP contribution in [0.4, 0.5) is 11.4 Å². The molecule has 100 valence electrons. The van der Waals surface area contributed by atoms with Crippen molar-refractivity contribution >= 4 is 21.4 Å². The van der Waals surface area contributed by atoms with E-state index in [-0.39, 0.29) is 29.4 Å². The number of nitrogens with two attached hydrogens (primary N) is 1. The Morgan fingerprint density at radius 3 is 2.56 bits per heavy atom. The van der Waals surface area contributed by atoms with Gasteiger partial charge >= 0.3 is 0 Å². The van der Waals surface area contributed by atoms with Crippen molar-refractivity contribution in [1.82, 2.24) is 4.31 Å². The summed E-state index contributed by atoms with van der Waals surface area (Å²) in [6, 6.07) is 3.17. The summed E-state index contributed by atoms with van der Waals surface area (Å²) in [5.41, 5.74) is 4.85. The average molecular weight is 275 g/mol. The van der Waals surface area contributed by atoms with Crippen LogP contribution in [0.2, 0.25) is 0 Å². The fourth-order valence-electron chi connectivity index (χ4n) is 1.30. The lowest BCUT2D eigenvalue weighted by atomic mass is 10.3. The number of rotatable bonds is 5. The van der Waals surface area contributed by atoms with Crippen LogP contribution in [0.3, 0.4) is 0 Å². The third-order valence-electron chi connectivity index (χ3n) is 2.32. The van der Waals surface area contributed by atoms with Crippen LogP contribution in [-0.2, 0) is 10.0 Å². The van der Waals surface area contributed by atoms with Crippen LogP contribution >= 0.6 is 0 Å². The summed E-state index contributed by atoms with van der Waals surface area (Å²) in [5.74, 6) is 0. The summed E-state index contributed by atoms with van der Waals surface area (Å²) in [6.07, 6.45) is 0. The highest BCUT2D eigenvalue weighted by atomic mass is 32.2. The Morgan fingerprint density at radius 2 is 2.11 bits per heavy atom. The number of hydrogen-bond acceptors (Lipinski definition) is 6. The summed E-state index contributed by atoms with van der Waals surface area (Å²) in [6.45, 7) is -0.391. The van der Waals surface area contributed by atoms with Gasteiger partial charge in [0.1, 0.15) is 5.69 Å². The van der Waals surface area contributed by atoms with Gasteiger partial charge in [-0.2, -0.15) is 4.31 Å². The molecule has 8 nitrogen and oxygen atoms in total. The molecule has 0 aliphatic carbocycles. The predicted molar refractivity (Wildman–Crippen MR) is 64.4 cm³/mol. The quantitative estimate of drug-likeness (QED) is 0.435. The molecule has 0 heterocycles. The van der Waals surface area contributed by atoms with E-state index in [4.69, 9.17) is 10.8 Å². The van der Waals surface area contributed by atoms with Gasteiger partial charge in [0.15, 0.2) is 0 Å². The molecule has 1 rings (SSSR count). The maximum atomic E-state index is 11.9. The van der Waals surface area contributed by atoms with Crippen LogP contribution < -0.4 is 5.73 Å². The first-order valence-electron chi connectivity index (χ1n) is 4.92. The van der Waals surface area contributed by atoms with Crippen molar-refractivity contribution in [2.24, 2.45) is 0 Å². The van der Waals surface area contributed by atoms with E-state index >= 15 is 0 Å². The molecule has 0 radical (unpaired) electrons. The summed E-state index contributed by atoms with van der Waals surface area (Å²) < 4.78 is 24.8. The zero-order chi connectivity index (χ0) is 13.9. The number of aliphatic hydroxyl groups is 1. The maximum Gasteiger partial charge on any atom is 0.292 e. The van der Waals surface area contributed by atoms with Gasteiger partial charge in [0.2, 0.25) is 10.0 Å². The molecule has 0 saturated carbocycles. The highest BCUT2D eigenvalue weighted by Gasteiger charge is 2.22. The van der Waals surface area contributed by atoms with Crippen LogP contribution in [0.25, 0.3) is 0 Å². The van der Waals surface area contributed by atoms with Gasteiger partial charge in [0, 0.05) is 19.7 Å². The largest absolute Gasteiger partial charge is 0.395 e. The van der Waals surface area contributed by atoms with E-state index in [2.05, 4.69) is 0 Å². The summed E-state index contributed by atoms with van der Waals surface area (Å²) >= 11 is 0. The van der Waals surface area contributed by atoms with Crippen molar-refractivity contribution in [1.29, 1.82) is 0 Å². The van der Waals surface area contributed by atoms with E-state index in [0.717, 1.165) is 22.5 Å². The zero-order valence-electron chi connectivity index (χ0n) is 9.61. The lowest BCUT2D eigenvalue weighted by Crippen LogP contribution is -2.29. The number of nitro benzene ring substituents is 1. The van der Waals surface area contributed by atoms with E-state index in [1.54, 1.807) is 0 Å². The standard InChI is InChI=1S/C9H13N3O5S/c1-11(4-5-13)18(16,17)7-2-3-9(12(14)15)8(10)6-7/h2-3,6,13H,4-5,10H2,1H3. The monoisotopic (exact) mass is 275 g/mol. The third kappa shape index (κ3) is 2.75. The Morgan fingerprint density at radius 1 is 1.50 bits per heavy atom. The molecule has 18 heavy (non-hydrogen) atoms. The molecule has 9 heteroatoms. The highest BCUT2D eigenvalue weighted by molar-refractivity contribution is 7.89. The summed E-state index contributed by atoms with van der Waals surface area (Å²) in [5, 5.41) is 19.3. The van der Waals surface area contributed by atoms with Gasteiger partial charge in [-0.1, -0.05) is 0 Å². The number of nitrogen functional groups attached to an aromatic ring is 1. The first-order valence-corrected chi connectivity index (χ1v) is 6.36. The predicted octanol–water partition coefficient (Wildman–Crippen LogP) is -0.210. The Labute approximate surface area is 104 Å². The Balaban J connectivity index is 3.19. The first-order chi connectivity index (χ1) is 8.30. The minimum absolute atomic E-state index is 0.0702. The van der Waals surface area contributed by atoms with Gasteiger partial charge in [-0.25, -0.2) is 8.42 Å². The fourth-order valence-corrected chi connectivity index (χ4v) is 2.50. The lowest BCUT2D eigenvalue weighted by molar-refractivity contribution is -0.383. The topological polar surface area (TPSA) is 127 Å². The second-order valence-corrected chi connectivity index (χ2v) is 5.57. The number of likely N-dealkylation sites (N-methyl/N-ethyl adjacent to an activating group) is 1. The molecular weight excluding hydrogens is 262 g/mol. The summed E-state index contributed by atoms with van der Waals surface area (Å²) in [7, 11) is -2.50. The molecule has 0 unspecified atom stereocenters. The van der Waals surface area contributed by atoms with E-state index in [9.17, 15) is 18.5 Å². The molecule has 0 aromatic heterocycles. The van der Waals surface area contributed by atoms with Crippen LogP contribution in [0, 0.1) is 10.1 Å². The molecule has 1 aromatic rings. The van der Waals surface area contributed by atoms with Gasteiger partial charge in [-0.05, 0) is 12.1 Å². The van der Waals surface area contributed by atoms with Gasteiger partial charge in [0.05, 0.1) is 16.4 Å². The van der Waals surface area contributed by atoms with Crippen LogP contribution in [0.15, 0.2) is 23.1 Å². The Bertz CT molecular complexity index is 557. The molecule has 0 amide bonds. The van der Waals surface area contributed by atoms with Gasteiger partial charge in [-0.3, -0.25) is 10.1 Å². The van der Waals surface area contributed by atoms with Crippen molar-refractivity contribution in [3.05, 3.63) is 28.3 Å². The van der Waals surface area contributed by atoms with Crippen LogP contribution in [0.1, 0.15) is 0 Å². The zero-order valence-corrected chi connectivity index (χ0v) is 10.4. The minimum Gasteiger partial charge on any atom is -0.395 e. The SMILES string of the molecule is CN(CCO)S(=O)(=O)c1ccc([N+](=O)[O-])c(N)c1. The number of aliphatic hydroxyl groups excluding tert-OH is 1. The molecule has 1 aromatic carbocycles. The molecule has 0 fully saturated rings. The van der Waals surface area contributed by atoms with Crippen molar-refractivity contribution in [3.63, 3.8) is 0 Å². The molecule has 0 saturated heterocycles. The van der Waals surface area contributed by atoms with Crippen molar-refractivity contribution in [3.8, 4) is 0 Å². The Hall–Kier alpha value is -1.71. The van der Waals surface area contributed by atoms with E-state index in [1.807, 2.05) is 0 Å². The second kappa shape index (κ2) is 5.29. The molecule has 0 atom stereocenters. The van der Waals surface area contributed by atoms with E-state index < -0.39 is 14.9 Å². The number of benzene rings is 1. The normalized spacial score (nSPS) is 11.7. The minimum atomic E-state index is -3.80. The molecule has 0 bridgehead atoms. The smallest absolute Gasteiger partial charge is 0.292 e. The highest BCUT2D eigenvalue weighted by Crippen LogP contribution is 2.25. The average Bonchev–Trinajstić information content (AvgIpc) is 2.28. The number of nitro groups is 1. The molecular formula is C9H13N3O5S. The van der Waals surface area contributed by atoms with Crippen LogP contribution in [-0.4, -0.2) is 43.0 Å². The molecule has 0 spiro atoms. The third-order valence-corrected chi connectivity index (χ3v) is 4.17. The maximum absolute atomic E-state index is 11.9. The lowest BCUT2D eigenvalue weighted by Gasteiger charge is -2.15. The molecule has 0 aliphatic rings. The van der Waals surface area contributed by atoms with Gasteiger partial charge in [-0.15, -0.1) is 0 Å². The second-order valence-electron chi connectivity index (χ2n) is 3.53. The van der Waals surface area contributed by atoms with Crippen molar-refractivity contribution in [2.75, 3.05) is 25.9 Å². The molecule has 0 aliphatic heterocycles.